The van der Waals surface area contributed by atoms with Gasteiger partial charge < -0.3 is 33.5 Å². The van der Waals surface area contributed by atoms with E-state index in [1.54, 1.807) is 42.7 Å². The molecule has 0 unspecified atom stereocenters. The van der Waals surface area contributed by atoms with Crippen LogP contribution in [-0.4, -0.2) is 53.4 Å². The van der Waals surface area contributed by atoms with Crippen LogP contribution in [0.1, 0.15) is 25.0 Å². The van der Waals surface area contributed by atoms with Gasteiger partial charge in [0.15, 0.2) is 23.0 Å². The summed E-state index contributed by atoms with van der Waals surface area (Å²) >= 11 is 0. The van der Waals surface area contributed by atoms with E-state index in [9.17, 15) is 5.11 Å². The molecule has 0 bridgehead atoms. The van der Waals surface area contributed by atoms with Gasteiger partial charge in [-0.3, -0.25) is 0 Å². The van der Waals surface area contributed by atoms with Gasteiger partial charge in [0, 0.05) is 6.42 Å². The summed E-state index contributed by atoms with van der Waals surface area (Å²) in [4.78, 5) is 0. The third kappa shape index (κ3) is 5.47. The van der Waals surface area contributed by atoms with Crippen molar-refractivity contribution in [2.24, 2.45) is 5.92 Å². The Balaban J connectivity index is 2.29. The van der Waals surface area contributed by atoms with Crippen molar-refractivity contribution in [2.75, 3.05) is 42.7 Å². The molecule has 0 spiro atoms. The highest BCUT2D eigenvalue weighted by molar-refractivity contribution is 5.55. The van der Waals surface area contributed by atoms with E-state index < -0.39 is 5.60 Å². The second kappa shape index (κ2) is 10.5. The van der Waals surface area contributed by atoms with Crippen LogP contribution < -0.4 is 28.4 Å². The quantitative estimate of drug-likeness (QED) is 0.575. The molecular formula is C24H34O7. The topological polar surface area (TPSA) is 75.6 Å². The van der Waals surface area contributed by atoms with Gasteiger partial charge in [-0.25, -0.2) is 0 Å². The lowest BCUT2D eigenvalue weighted by Gasteiger charge is -2.31. The predicted molar refractivity (Wildman–Crippen MR) is 119 cm³/mol. The highest BCUT2D eigenvalue weighted by Crippen LogP contribution is 2.41. The van der Waals surface area contributed by atoms with Gasteiger partial charge in [0.2, 0.25) is 11.5 Å². The first-order chi connectivity index (χ1) is 14.7. The standard InChI is InChI=1S/C24H34O7/c1-15(9-16-10-18(26-3)22(30-7)19(11-16)27-4)24(2,25)14-17-12-20(28-5)23(31-8)21(13-17)29-6/h10-13,15,25H,9,14H2,1-8H3/t15-,24+/m0/s1. The Morgan fingerprint density at radius 2 is 1.03 bits per heavy atom. The third-order valence-corrected chi connectivity index (χ3v) is 5.61. The van der Waals surface area contributed by atoms with Crippen molar-refractivity contribution in [3.63, 3.8) is 0 Å². The van der Waals surface area contributed by atoms with E-state index in [-0.39, 0.29) is 5.92 Å². The van der Waals surface area contributed by atoms with Crippen molar-refractivity contribution in [3.8, 4) is 34.5 Å². The number of methoxy groups -OCH3 is 6. The molecule has 1 N–H and O–H groups in total. The zero-order valence-electron chi connectivity index (χ0n) is 19.7. The molecule has 2 atom stereocenters. The van der Waals surface area contributed by atoms with E-state index in [1.807, 2.05) is 38.1 Å². The second-order valence-electron chi connectivity index (χ2n) is 7.71. The number of hydrogen-bond donors (Lipinski definition) is 1. The summed E-state index contributed by atoms with van der Waals surface area (Å²) in [6.45, 7) is 3.85. The molecule has 172 valence electrons. The maximum atomic E-state index is 11.3. The van der Waals surface area contributed by atoms with Gasteiger partial charge >= 0.3 is 0 Å². The number of benzene rings is 2. The first-order valence-corrected chi connectivity index (χ1v) is 10.0. The molecule has 2 aromatic rings. The van der Waals surface area contributed by atoms with E-state index in [4.69, 9.17) is 28.4 Å². The Hall–Kier alpha value is -2.80. The van der Waals surface area contributed by atoms with E-state index in [1.165, 1.54) is 0 Å². The molecule has 0 aliphatic rings. The van der Waals surface area contributed by atoms with Crippen LogP contribution in [0.2, 0.25) is 0 Å². The molecule has 0 saturated heterocycles. The second-order valence-corrected chi connectivity index (χ2v) is 7.71. The van der Waals surface area contributed by atoms with Crippen LogP contribution in [0.25, 0.3) is 0 Å². The van der Waals surface area contributed by atoms with Gasteiger partial charge in [-0.15, -0.1) is 0 Å². The summed E-state index contributed by atoms with van der Waals surface area (Å²) in [5.41, 5.74) is 0.869. The number of aliphatic hydroxyl groups is 1. The summed E-state index contributed by atoms with van der Waals surface area (Å²) in [6.07, 6.45) is 1.03. The number of rotatable bonds is 11. The first kappa shape index (κ1) is 24.5. The van der Waals surface area contributed by atoms with Crippen LogP contribution in [0.3, 0.4) is 0 Å². The highest BCUT2D eigenvalue weighted by atomic mass is 16.5. The van der Waals surface area contributed by atoms with Gasteiger partial charge in [0.25, 0.3) is 0 Å². The number of ether oxygens (including phenoxy) is 6. The van der Waals surface area contributed by atoms with Crippen LogP contribution in [0, 0.1) is 5.92 Å². The molecule has 0 amide bonds. The lowest BCUT2D eigenvalue weighted by molar-refractivity contribution is 0.00659. The maximum absolute atomic E-state index is 11.3. The summed E-state index contributed by atoms with van der Waals surface area (Å²) in [5, 5.41) is 11.3. The monoisotopic (exact) mass is 434 g/mol. The molecule has 2 rings (SSSR count). The van der Waals surface area contributed by atoms with Crippen LogP contribution >= 0.6 is 0 Å². The molecule has 0 fully saturated rings. The van der Waals surface area contributed by atoms with Gasteiger partial charge in [0.05, 0.1) is 48.3 Å². The van der Waals surface area contributed by atoms with Crippen LogP contribution in [-0.2, 0) is 12.8 Å². The lowest BCUT2D eigenvalue weighted by atomic mass is 9.81. The van der Waals surface area contributed by atoms with Crippen molar-refractivity contribution >= 4 is 0 Å². The van der Waals surface area contributed by atoms with Crippen molar-refractivity contribution in [1.29, 1.82) is 0 Å². The Morgan fingerprint density at radius 1 is 0.677 bits per heavy atom. The molecule has 0 saturated carbocycles. The van der Waals surface area contributed by atoms with Crippen LogP contribution in [0.5, 0.6) is 34.5 Å². The zero-order valence-corrected chi connectivity index (χ0v) is 19.7. The van der Waals surface area contributed by atoms with Crippen molar-refractivity contribution in [2.45, 2.75) is 32.3 Å². The molecule has 7 nitrogen and oxygen atoms in total. The Labute approximate surface area is 184 Å². The molecule has 0 aromatic heterocycles. The zero-order chi connectivity index (χ0) is 23.2. The Bertz CT molecular complexity index is 826. The van der Waals surface area contributed by atoms with E-state index in [0.717, 1.165) is 11.1 Å². The fourth-order valence-electron chi connectivity index (χ4n) is 3.65. The SMILES string of the molecule is COc1cc(C[C@H](C)[C@](C)(O)Cc2cc(OC)c(OC)c(OC)c2)cc(OC)c1OC. The van der Waals surface area contributed by atoms with Crippen LogP contribution in [0.4, 0.5) is 0 Å². The third-order valence-electron chi connectivity index (χ3n) is 5.61. The molecule has 0 heterocycles. The predicted octanol–water partition coefficient (Wildman–Crippen LogP) is 3.91. The van der Waals surface area contributed by atoms with E-state index >= 15 is 0 Å². The van der Waals surface area contributed by atoms with Gasteiger partial charge in [0.1, 0.15) is 0 Å². The van der Waals surface area contributed by atoms with Crippen molar-refractivity contribution < 1.29 is 33.5 Å². The summed E-state index contributed by atoms with van der Waals surface area (Å²) in [7, 11) is 9.47. The molecule has 7 heteroatoms. The van der Waals surface area contributed by atoms with Crippen molar-refractivity contribution in [3.05, 3.63) is 35.4 Å². The average Bonchev–Trinajstić information content (AvgIpc) is 2.76. The fraction of sp³-hybridized carbons (Fsp3) is 0.500. The van der Waals surface area contributed by atoms with E-state index in [2.05, 4.69) is 0 Å². The molecule has 0 aliphatic carbocycles. The van der Waals surface area contributed by atoms with E-state index in [0.29, 0.717) is 47.3 Å². The molecule has 0 radical (unpaired) electrons. The van der Waals surface area contributed by atoms with Gasteiger partial charge in [-0.05, 0) is 54.7 Å². The van der Waals surface area contributed by atoms with Gasteiger partial charge in [-0.2, -0.15) is 0 Å². The molecule has 2 aromatic carbocycles. The normalized spacial score (nSPS) is 13.7. The highest BCUT2D eigenvalue weighted by Gasteiger charge is 2.30. The molecule has 0 aliphatic heterocycles. The summed E-state index contributed by atoms with van der Waals surface area (Å²) < 4.78 is 32.5. The Morgan fingerprint density at radius 3 is 1.35 bits per heavy atom. The largest absolute Gasteiger partial charge is 0.493 e. The molecular weight excluding hydrogens is 400 g/mol. The minimum absolute atomic E-state index is 0.0746. The number of hydrogen-bond acceptors (Lipinski definition) is 7. The maximum Gasteiger partial charge on any atom is 0.203 e. The first-order valence-electron chi connectivity index (χ1n) is 10.0. The fourth-order valence-corrected chi connectivity index (χ4v) is 3.65. The van der Waals surface area contributed by atoms with Crippen molar-refractivity contribution in [1.82, 2.24) is 0 Å². The lowest BCUT2D eigenvalue weighted by Crippen LogP contribution is -2.36. The smallest absolute Gasteiger partial charge is 0.203 e. The van der Waals surface area contributed by atoms with Gasteiger partial charge in [-0.1, -0.05) is 6.92 Å². The van der Waals surface area contributed by atoms with Crippen LogP contribution in [0.15, 0.2) is 24.3 Å². The summed E-state index contributed by atoms with van der Waals surface area (Å²) in [5.74, 6) is 3.30. The molecule has 31 heavy (non-hydrogen) atoms. The minimum atomic E-state index is -0.995. The minimum Gasteiger partial charge on any atom is -0.493 e. The average molecular weight is 435 g/mol. The Kier molecular flexibility index (Phi) is 8.28. The summed E-state index contributed by atoms with van der Waals surface area (Å²) in [6, 6.07) is 7.55.